The van der Waals surface area contributed by atoms with Crippen molar-refractivity contribution in [3.8, 4) is 0 Å². The van der Waals surface area contributed by atoms with Crippen molar-refractivity contribution in [2.24, 2.45) is 5.73 Å². The van der Waals surface area contributed by atoms with Crippen molar-refractivity contribution in [1.82, 2.24) is 4.90 Å². The molecule has 1 fully saturated rings. The Morgan fingerprint density at radius 3 is 2.46 bits per heavy atom. The fourth-order valence-electron chi connectivity index (χ4n) is 3.40. The molecular weight excluding hydrogens is 356 g/mol. The number of ketones is 1. The Bertz CT molecular complexity index is 667. The Labute approximate surface area is 156 Å². The molecule has 0 radical (unpaired) electrons. The molecule has 0 spiro atoms. The molecule has 1 aliphatic rings. The number of nitrogens with zero attached hydrogens (tertiary/aromatic N) is 1. The van der Waals surface area contributed by atoms with Gasteiger partial charge in [0.1, 0.15) is 6.04 Å². The van der Waals surface area contributed by atoms with Crippen LogP contribution in [-0.2, 0) is 20.1 Å². The van der Waals surface area contributed by atoms with Crippen LogP contribution in [0.15, 0.2) is 30.3 Å². The maximum atomic E-state index is 12.6. The summed E-state index contributed by atoms with van der Waals surface area (Å²) in [6, 6.07) is 7.56. The SMILES string of the molecule is CC(N)C(=O)C1(C(=O)O)CCCN1C(CSCc1ccccc1)C(=O)O. The molecule has 1 aliphatic heterocycles. The fraction of sp³-hybridized carbons (Fsp3) is 0.500. The van der Waals surface area contributed by atoms with Gasteiger partial charge in [0.25, 0.3) is 0 Å². The Morgan fingerprint density at radius 1 is 1.27 bits per heavy atom. The van der Waals surface area contributed by atoms with E-state index in [9.17, 15) is 24.6 Å². The van der Waals surface area contributed by atoms with Gasteiger partial charge in [0.05, 0.1) is 6.04 Å². The Balaban J connectivity index is 2.19. The van der Waals surface area contributed by atoms with Gasteiger partial charge in [0.2, 0.25) is 0 Å². The Hall–Kier alpha value is -1.90. The van der Waals surface area contributed by atoms with Gasteiger partial charge >= 0.3 is 11.9 Å². The molecule has 0 saturated carbocycles. The second kappa shape index (κ2) is 8.66. The number of hydrogen-bond acceptors (Lipinski definition) is 6. The summed E-state index contributed by atoms with van der Waals surface area (Å²) in [5, 5.41) is 19.4. The average molecular weight is 380 g/mol. The van der Waals surface area contributed by atoms with E-state index in [0.717, 1.165) is 5.56 Å². The summed E-state index contributed by atoms with van der Waals surface area (Å²) in [5.74, 6) is -2.29. The van der Waals surface area contributed by atoms with Crippen molar-refractivity contribution in [2.45, 2.75) is 43.1 Å². The van der Waals surface area contributed by atoms with Crippen LogP contribution in [-0.4, -0.2) is 62.8 Å². The third kappa shape index (κ3) is 4.08. The lowest BCUT2D eigenvalue weighted by molar-refractivity contribution is -0.160. The first-order valence-corrected chi connectivity index (χ1v) is 9.60. The molecule has 1 heterocycles. The number of carboxylic acids is 2. The number of likely N-dealkylation sites (tertiary alicyclic amines) is 1. The quantitative estimate of drug-likeness (QED) is 0.547. The van der Waals surface area contributed by atoms with Gasteiger partial charge in [-0.2, -0.15) is 11.8 Å². The zero-order chi connectivity index (χ0) is 19.3. The van der Waals surface area contributed by atoms with Gasteiger partial charge in [-0.1, -0.05) is 30.3 Å². The summed E-state index contributed by atoms with van der Waals surface area (Å²) in [4.78, 5) is 37.7. The summed E-state index contributed by atoms with van der Waals surface area (Å²) < 4.78 is 0. The normalized spacial score (nSPS) is 22.7. The predicted octanol–water partition coefficient (Wildman–Crippen LogP) is 1.21. The molecule has 0 bridgehead atoms. The van der Waals surface area contributed by atoms with E-state index in [2.05, 4.69) is 0 Å². The van der Waals surface area contributed by atoms with Crippen LogP contribution in [0.4, 0.5) is 0 Å². The lowest BCUT2D eigenvalue weighted by atomic mass is 9.86. The molecule has 0 aliphatic carbocycles. The van der Waals surface area contributed by atoms with Crippen LogP contribution in [0.5, 0.6) is 0 Å². The lowest BCUT2D eigenvalue weighted by Crippen LogP contribution is -2.64. The number of aliphatic carboxylic acids is 2. The third-order valence-electron chi connectivity index (χ3n) is 4.65. The van der Waals surface area contributed by atoms with Crippen molar-refractivity contribution < 1.29 is 24.6 Å². The first kappa shape index (κ1) is 20.4. The summed E-state index contributed by atoms with van der Waals surface area (Å²) in [6.45, 7) is 1.68. The largest absolute Gasteiger partial charge is 0.480 e. The van der Waals surface area contributed by atoms with Crippen molar-refractivity contribution in [3.05, 3.63) is 35.9 Å². The highest BCUT2D eigenvalue weighted by molar-refractivity contribution is 7.98. The molecule has 1 saturated heterocycles. The lowest BCUT2D eigenvalue weighted by Gasteiger charge is -2.37. The van der Waals surface area contributed by atoms with Crippen LogP contribution in [0, 0.1) is 0 Å². The number of benzene rings is 1. The molecule has 7 nitrogen and oxygen atoms in total. The highest BCUT2D eigenvalue weighted by Crippen LogP contribution is 2.35. The van der Waals surface area contributed by atoms with Crippen LogP contribution in [0.25, 0.3) is 0 Å². The molecule has 0 amide bonds. The molecular formula is C18H24N2O5S. The van der Waals surface area contributed by atoms with Crippen LogP contribution >= 0.6 is 11.8 Å². The van der Waals surface area contributed by atoms with Crippen molar-refractivity contribution in [3.63, 3.8) is 0 Å². The average Bonchev–Trinajstić information content (AvgIpc) is 3.04. The highest BCUT2D eigenvalue weighted by Gasteiger charge is 2.57. The number of carboxylic acid groups (broad SMARTS) is 2. The smallest absolute Gasteiger partial charge is 0.332 e. The van der Waals surface area contributed by atoms with E-state index in [1.807, 2.05) is 30.3 Å². The van der Waals surface area contributed by atoms with Crippen LogP contribution < -0.4 is 5.73 Å². The van der Waals surface area contributed by atoms with Gasteiger partial charge in [-0.15, -0.1) is 0 Å². The molecule has 4 N–H and O–H groups in total. The molecule has 8 heteroatoms. The van der Waals surface area contributed by atoms with E-state index in [1.165, 1.54) is 23.6 Å². The van der Waals surface area contributed by atoms with Crippen LogP contribution in [0.3, 0.4) is 0 Å². The van der Waals surface area contributed by atoms with E-state index < -0.39 is 35.3 Å². The predicted molar refractivity (Wildman–Crippen MR) is 99.0 cm³/mol. The fourth-order valence-corrected chi connectivity index (χ4v) is 4.49. The van der Waals surface area contributed by atoms with Crippen molar-refractivity contribution >= 4 is 29.5 Å². The first-order valence-electron chi connectivity index (χ1n) is 8.45. The number of thioether (sulfide) groups is 1. The number of hydrogen-bond donors (Lipinski definition) is 3. The summed E-state index contributed by atoms with van der Waals surface area (Å²) >= 11 is 1.40. The molecule has 3 unspecified atom stereocenters. The van der Waals surface area contributed by atoms with Crippen molar-refractivity contribution in [2.75, 3.05) is 12.3 Å². The monoisotopic (exact) mass is 380 g/mol. The first-order chi connectivity index (χ1) is 12.3. The van der Waals surface area contributed by atoms with Crippen molar-refractivity contribution in [1.29, 1.82) is 0 Å². The van der Waals surface area contributed by atoms with Gasteiger partial charge in [0.15, 0.2) is 11.3 Å². The van der Waals surface area contributed by atoms with Gasteiger partial charge in [-0.05, 0) is 25.3 Å². The minimum absolute atomic E-state index is 0.0792. The van der Waals surface area contributed by atoms with Gasteiger partial charge in [0, 0.05) is 18.1 Å². The highest BCUT2D eigenvalue weighted by atomic mass is 32.2. The minimum Gasteiger partial charge on any atom is -0.480 e. The molecule has 1 aromatic rings. The second-order valence-electron chi connectivity index (χ2n) is 6.47. The minimum atomic E-state index is -1.86. The van der Waals surface area contributed by atoms with Gasteiger partial charge in [-0.25, -0.2) is 4.79 Å². The molecule has 3 atom stereocenters. The summed E-state index contributed by atoms with van der Waals surface area (Å²) in [7, 11) is 0. The zero-order valence-corrected chi connectivity index (χ0v) is 15.4. The molecule has 142 valence electrons. The standard InChI is InChI=1S/C18H24N2O5S/c1-12(19)15(21)18(17(24)25)8-5-9-20(18)14(16(22)23)11-26-10-13-6-3-2-4-7-13/h2-4,6-7,12,14H,5,8-11,19H2,1H3,(H,22,23)(H,24,25). The second-order valence-corrected chi connectivity index (χ2v) is 7.50. The number of nitrogens with two attached hydrogens (primary N) is 1. The van der Waals surface area contributed by atoms with E-state index in [4.69, 9.17) is 5.73 Å². The maximum Gasteiger partial charge on any atom is 0.332 e. The Kier molecular flexibility index (Phi) is 6.80. The molecule has 2 rings (SSSR count). The summed E-state index contributed by atoms with van der Waals surface area (Å²) in [6.07, 6.45) is 0.522. The van der Waals surface area contributed by atoms with E-state index in [-0.39, 0.29) is 18.7 Å². The number of carbonyl (C=O) groups excluding carboxylic acids is 1. The van der Waals surface area contributed by atoms with Crippen LogP contribution in [0.1, 0.15) is 25.3 Å². The van der Waals surface area contributed by atoms with E-state index in [0.29, 0.717) is 12.2 Å². The molecule has 26 heavy (non-hydrogen) atoms. The topological polar surface area (TPSA) is 121 Å². The molecule has 1 aromatic carbocycles. The van der Waals surface area contributed by atoms with E-state index >= 15 is 0 Å². The Morgan fingerprint density at radius 2 is 1.92 bits per heavy atom. The number of rotatable bonds is 9. The third-order valence-corrected chi connectivity index (χ3v) is 5.74. The van der Waals surface area contributed by atoms with E-state index in [1.54, 1.807) is 0 Å². The zero-order valence-electron chi connectivity index (χ0n) is 14.6. The van der Waals surface area contributed by atoms with Gasteiger partial charge in [-0.3, -0.25) is 14.5 Å². The maximum absolute atomic E-state index is 12.6. The molecule has 0 aromatic heterocycles. The van der Waals surface area contributed by atoms with Crippen LogP contribution in [0.2, 0.25) is 0 Å². The number of carbonyl (C=O) groups is 3. The summed E-state index contributed by atoms with van der Waals surface area (Å²) in [5.41, 5.74) is 4.86. The van der Waals surface area contributed by atoms with Gasteiger partial charge < -0.3 is 15.9 Å². The number of Topliss-reactive ketones (excluding diaryl/α,β-unsaturated/α-hetero) is 1.